The van der Waals surface area contributed by atoms with E-state index in [2.05, 4.69) is 4.98 Å². The van der Waals surface area contributed by atoms with E-state index < -0.39 is 11.7 Å². The minimum Gasteiger partial charge on any atom is -0.475 e. The first-order valence-corrected chi connectivity index (χ1v) is 5.98. The fourth-order valence-electron chi connectivity index (χ4n) is 1.32. The summed E-state index contributed by atoms with van der Waals surface area (Å²) in [6.45, 7) is 3.09. The molecular formula is C12H17F3N2O2. The van der Waals surface area contributed by atoms with E-state index in [4.69, 9.17) is 15.2 Å². The van der Waals surface area contributed by atoms with E-state index in [1.54, 1.807) is 0 Å². The predicted octanol–water partition coefficient (Wildman–Crippen LogP) is 2.88. The van der Waals surface area contributed by atoms with Crippen LogP contribution in [0.15, 0.2) is 12.1 Å². The van der Waals surface area contributed by atoms with Crippen LogP contribution in [0.25, 0.3) is 0 Å². The van der Waals surface area contributed by atoms with E-state index in [1.165, 1.54) is 0 Å². The molecule has 2 N–H and O–H groups in total. The Hall–Kier alpha value is -1.50. The lowest BCUT2D eigenvalue weighted by Crippen LogP contribution is -2.11. The summed E-state index contributed by atoms with van der Waals surface area (Å²) in [5.74, 6) is -0.372. The van der Waals surface area contributed by atoms with Crippen molar-refractivity contribution in [1.82, 2.24) is 4.98 Å². The zero-order chi connectivity index (χ0) is 14.3. The maximum atomic E-state index is 12.5. The average Bonchev–Trinajstić information content (AvgIpc) is 2.32. The molecule has 0 saturated heterocycles. The van der Waals surface area contributed by atoms with Crippen LogP contribution in [0, 0.1) is 0 Å². The van der Waals surface area contributed by atoms with Crippen molar-refractivity contribution >= 4 is 5.82 Å². The van der Waals surface area contributed by atoms with Crippen molar-refractivity contribution in [3.8, 4) is 5.88 Å². The quantitative estimate of drug-likeness (QED) is 0.779. The van der Waals surface area contributed by atoms with Crippen molar-refractivity contribution in [2.75, 3.05) is 25.6 Å². The first kappa shape index (κ1) is 15.6. The number of nitrogens with two attached hydrogens (primary N) is 1. The van der Waals surface area contributed by atoms with Gasteiger partial charge in [0, 0.05) is 12.7 Å². The van der Waals surface area contributed by atoms with Gasteiger partial charge in [-0.3, -0.25) is 0 Å². The van der Waals surface area contributed by atoms with E-state index in [-0.39, 0.29) is 18.3 Å². The van der Waals surface area contributed by atoms with Gasteiger partial charge in [-0.25, -0.2) is 0 Å². The van der Waals surface area contributed by atoms with Crippen LogP contribution in [0.5, 0.6) is 5.88 Å². The van der Waals surface area contributed by atoms with Crippen LogP contribution >= 0.6 is 0 Å². The molecule has 1 aromatic rings. The number of rotatable bonds is 7. The third-order valence-electron chi connectivity index (χ3n) is 2.27. The van der Waals surface area contributed by atoms with Crippen molar-refractivity contribution in [2.45, 2.75) is 25.9 Å². The number of hydrogen-bond acceptors (Lipinski definition) is 4. The zero-order valence-corrected chi connectivity index (χ0v) is 10.7. The second-order valence-electron chi connectivity index (χ2n) is 3.93. The van der Waals surface area contributed by atoms with Gasteiger partial charge in [-0.15, -0.1) is 0 Å². The van der Waals surface area contributed by atoms with E-state index in [0.717, 1.165) is 25.0 Å². The van der Waals surface area contributed by atoms with Gasteiger partial charge in [0.05, 0.1) is 12.2 Å². The summed E-state index contributed by atoms with van der Waals surface area (Å²) >= 11 is 0. The van der Waals surface area contributed by atoms with Gasteiger partial charge < -0.3 is 15.2 Å². The fourth-order valence-corrected chi connectivity index (χ4v) is 1.32. The normalized spacial score (nSPS) is 11.6. The molecule has 0 atom stereocenters. The molecule has 108 valence electrons. The predicted molar refractivity (Wildman–Crippen MR) is 64.9 cm³/mol. The summed E-state index contributed by atoms with van der Waals surface area (Å²) in [6, 6.07) is 1.59. The highest BCUT2D eigenvalue weighted by Crippen LogP contribution is 2.31. The largest absolute Gasteiger partial charge is 0.475 e. The topological polar surface area (TPSA) is 57.4 Å². The van der Waals surface area contributed by atoms with Gasteiger partial charge in [0.1, 0.15) is 12.4 Å². The molecule has 0 aliphatic carbocycles. The Morgan fingerprint density at radius 3 is 2.58 bits per heavy atom. The van der Waals surface area contributed by atoms with Crippen LogP contribution in [0.4, 0.5) is 19.0 Å². The van der Waals surface area contributed by atoms with E-state index in [0.29, 0.717) is 13.2 Å². The highest BCUT2D eigenvalue weighted by molar-refractivity contribution is 5.38. The van der Waals surface area contributed by atoms with Crippen LogP contribution in [0.3, 0.4) is 0 Å². The van der Waals surface area contributed by atoms with Gasteiger partial charge in [0.15, 0.2) is 0 Å². The smallest absolute Gasteiger partial charge is 0.416 e. The van der Waals surface area contributed by atoms with Gasteiger partial charge in [0.2, 0.25) is 5.88 Å². The molecule has 0 amide bonds. The number of nitrogen functional groups attached to an aromatic ring is 1. The fraction of sp³-hybridized carbons (Fsp3) is 0.583. The van der Waals surface area contributed by atoms with Crippen molar-refractivity contribution in [3.05, 3.63) is 17.7 Å². The molecule has 0 bridgehead atoms. The van der Waals surface area contributed by atoms with Gasteiger partial charge in [0.25, 0.3) is 0 Å². The molecule has 0 saturated carbocycles. The number of unbranched alkanes of at least 4 members (excludes halogenated alkanes) is 1. The van der Waals surface area contributed by atoms with Crippen LogP contribution in [0.1, 0.15) is 25.3 Å². The maximum absolute atomic E-state index is 12.5. The Balaban J connectivity index is 2.48. The lowest BCUT2D eigenvalue weighted by atomic mass is 10.2. The third-order valence-corrected chi connectivity index (χ3v) is 2.27. The summed E-state index contributed by atoms with van der Waals surface area (Å²) in [5.41, 5.74) is 4.43. The molecule has 0 radical (unpaired) electrons. The number of aromatic nitrogens is 1. The van der Waals surface area contributed by atoms with E-state index >= 15 is 0 Å². The Kier molecular flexibility index (Phi) is 5.88. The average molecular weight is 278 g/mol. The van der Waals surface area contributed by atoms with Crippen molar-refractivity contribution < 1.29 is 22.6 Å². The summed E-state index contributed by atoms with van der Waals surface area (Å²) in [6.07, 6.45) is -2.51. The van der Waals surface area contributed by atoms with E-state index in [1.807, 2.05) is 6.92 Å². The van der Waals surface area contributed by atoms with Crippen molar-refractivity contribution in [1.29, 1.82) is 0 Å². The van der Waals surface area contributed by atoms with Gasteiger partial charge in [-0.1, -0.05) is 13.3 Å². The van der Waals surface area contributed by atoms with Crippen molar-refractivity contribution in [3.63, 3.8) is 0 Å². The van der Waals surface area contributed by atoms with E-state index in [9.17, 15) is 13.2 Å². The number of nitrogens with zero attached hydrogens (tertiary/aromatic N) is 1. The minimum absolute atomic E-state index is 0.136. The van der Waals surface area contributed by atoms with Crippen LogP contribution in [-0.2, 0) is 10.9 Å². The summed E-state index contributed by atoms with van der Waals surface area (Å²) in [4.78, 5) is 3.68. The van der Waals surface area contributed by atoms with Crippen LogP contribution in [0.2, 0.25) is 0 Å². The number of hydrogen-bond donors (Lipinski definition) is 1. The summed E-state index contributed by atoms with van der Waals surface area (Å²) in [7, 11) is 0. The maximum Gasteiger partial charge on any atom is 0.416 e. The van der Waals surface area contributed by atoms with Crippen molar-refractivity contribution in [2.24, 2.45) is 0 Å². The number of halogens is 3. The second kappa shape index (κ2) is 7.18. The minimum atomic E-state index is -4.47. The molecule has 0 fully saturated rings. The number of ether oxygens (including phenoxy) is 2. The van der Waals surface area contributed by atoms with Crippen LogP contribution < -0.4 is 10.5 Å². The van der Waals surface area contributed by atoms with Gasteiger partial charge >= 0.3 is 6.18 Å². The monoisotopic (exact) mass is 278 g/mol. The standard InChI is InChI=1S/C12H17F3N2O2/c1-2-3-4-18-5-6-19-11-8-9(12(13,14)15)7-10(16)17-11/h7-8H,2-6H2,1H3,(H2,16,17). The molecule has 0 aliphatic heterocycles. The Morgan fingerprint density at radius 2 is 1.95 bits per heavy atom. The molecule has 4 nitrogen and oxygen atoms in total. The first-order chi connectivity index (χ1) is 8.93. The van der Waals surface area contributed by atoms with Gasteiger partial charge in [-0.05, 0) is 12.5 Å². The molecule has 0 aromatic carbocycles. The van der Waals surface area contributed by atoms with Crippen LogP contribution in [-0.4, -0.2) is 24.8 Å². The van der Waals surface area contributed by atoms with Gasteiger partial charge in [-0.2, -0.15) is 18.2 Å². The zero-order valence-electron chi connectivity index (χ0n) is 10.7. The molecule has 7 heteroatoms. The highest BCUT2D eigenvalue weighted by Gasteiger charge is 2.31. The highest BCUT2D eigenvalue weighted by atomic mass is 19.4. The molecule has 19 heavy (non-hydrogen) atoms. The summed E-state index contributed by atoms with van der Waals surface area (Å²) < 4.78 is 47.8. The lowest BCUT2D eigenvalue weighted by Gasteiger charge is -2.10. The Bertz CT molecular complexity index is 397. The molecule has 1 rings (SSSR count). The number of alkyl halides is 3. The summed E-state index contributed by atoms with van der Waals surface area (Å²) in [5, 5.41) is 0. The number of pyridine rings is 1. The second-order valence-corrected chi connectivity index (χ2v) is 3.93. The molecular weight excluding hydrogens is 261 g/mol. The lowest BCUT2D eigenvalue weighted by molar-refractivity contribution is -0.137. The SMILES string of the molecule is CCCCOCCOc1cc(C(F)(F)F)cc(N)n1. The third kappa shape index (κ3) is 5.78. The molecule has 1 heterocycles. The molecule has 0 spiro atoms. The number of anilines is 1. The molecule has 1 aromatic heterocycles. The molecule has 0 aliphatic rings. The molecule has 0 unspecified atom stereocenters. The first-order valence-electron chi connectivity index (χ1n) is 5.98. The Morgan fingerprint density at radius 1 is 1.21 bits per heavy atom. The Labute approximate surface area is 109 Å².